The average molecular weight is 710 g/mol. The van der Waals surface area contributed by atoms with Crippen LogP contribution in [-0.2, 0) is 11.8 Å². The number of pyridine rings is 3. The van der Waals surface area contributed by atoms with Gasteiger partial charge >= 0.3 is 0 Å². The minimum Gasteiger partial charge on any atom is -0.437 e. The Morgan fingerprint density at radius 2 is 1.50 bits per heavy atom. The largest absolute Gasteiger partial charge is 0.437 e. The summed E-state index contributed by atoms with van der Waals surface area (Å²) >= 11 is 0. The summed E-state index contributed by atoms with van der Waals surface area (Å²) < 4.78 is 12.0. The van der Waals surface area contributed by atoms with E-state index in [1.807, 2.05) is 0 Å². The summed E-state index contributed by atoms with van der Waals surface area (Å²) in [6.45, 7) is 25.1. The van der Waals surface area contributed by atoms with E-state index in [0.29, 0.717) is 5.71 Å². The monoisotopic (exact) mass is 709 g/mol. The number of aromatic nitrogens is 3. The van der Waals surface area contributed by atoms with Crippen LogP contribution >= 0.6 is 0 Å². The van der Waals surface area contributed by atoms with Crippen LogP contribution in [0.2, 0.25) is 0 Å². The van der Waals surface area contributed by atoms with Crippen molar-refractivity contribution >= 4 is 27.8 Å². The molecule has 0 amide bonds. The highest BCUT2D eigenvalue weighted by Crippen LogP contribution is 2.47. The Kier molecular flexibility index (Phi) is 7.87. The second-order valence-electron chi connectivity index (χ2n) is 17.3. The molecule has 0 radical (unpaired) electrons. The van der Waals surface area contributed by atoms with Gasteiger partial charge in [0, 0.05) is 58.0 Å². The van der Waals surface area contributed by atoms with Gasteiger partial charge in [0.05, 0.1) is 17.2 Å². The lowest BCUT2D eigenvalue weighted by Gasteiger charge is -2.32. The molecule has 4 heteroatoms. The summed E-state index contributed by atoms with van der Waals surface area (Å²) in [7, 11) is 0. The highest BCUT2D eigenvalue weighted by Gasteiger charge is 2.43. The van der Waals surface area contributed by atoms with Gasteiger partial charge in [0.15, 0.2) is 29.7 Å². The van der Waals surface area contributed by atoms with E-state index in [-0.39, 0.29) is 17.4 Å². The number of aryl methyl sites for hydroxylation is 7. The van der Waals surface area contributed by atoms with Gasteiger partial charge < -0.3 is 4.42 Å². The van der Waals surface area contributed by atoms with Gasteiger partial charge in [-0.3, -0.25) is 0 Å². The number of fused-ring (bicyclic) bond motifs is 13. The minimum atomic E-state index is -0.0403. The number of hydrogen-bond donors (Lipinski definition) is 0. The van der Waals surface area contributed by atoms with Gasteiger partial charge in [-0.2, -0.15) is 9.13 Å². The Morgan fingerprint density at radius 3 is 2.26 bits per heavy atom. The van der Waals surface area contributed by atoms with E-state index in [1.165, 1.54) is 66.9 Å². The van der Waals surface area contributed by atoms with Crippen molar-refractivity contribution in [1.82, 2.24) is 4.98 Å². The third-order valence-corrected chi connectivity index (χ3v) is 12.5. The quantitative estimate of drug-likeness (QED) is 0.159. The summed E-state index contributed by atoms with van der Waals surface area (Å²) in [5.74, 6) is 0.277. The summed E-state index contributed by atoms with van der Waals surface area (Å²) in [4.78, 5) is 5.20. The lowest BCUT2D eigenvalue weighted by molar-refractivity contribution is -0.719. The zero-order valence-corrected chi connectivity index (χ0v) is 33.3. The first-order valence-electron chi connectivity index (χ1n) is 19.6. The summed E-state index contributed by atoms with van der Waals surface area (Å²) in [5.41, 5.74) is 21.4. The van der Waals surface area contributed by atoms with Crippen LogP contribution < -0.4 is 9.13 Å². The van der Waals surface area contributed by atoms with Gasteiger partial charge in [-0.05, 0) is 112 Å². The standard InChI is InChI=1S/C50H51N3O/c1-28-14-17-36-39(22-28)40-24-34(7)52-27-33(6)41(50(8,9)10)25-45(52)47-35(16-21-43(40)53-26-32(5)31(4)23-44(36)53)15-18-37-38-19-20-42(51-49(38)54-48(37)47)46-29(2)12-11-13-30(46)3/h11-15,17-20,22-23,25-27,40,43H,7,16,21,24H2,1-6,8-10H3/q+2. The Balaban J connectivity index is 1.31. The summed E-state index contributed by atoms with van der Waals surface area (Å²) in [6.07, 6.45) is 7.50. The van der Waals surface area contributed by atoms with Crippen LogP contribution in [-0.4, -0.2) is 4.98 Å². The molecule has 2 atom stereocenters. The second kappa shape index (κ2) is 12.3. The van der Waals surface area contributed by atoms with E-state index < -0.39 is 0 Å². The van der Waals surface area contributed by atoms with Crippen LogP contribution in [0.3, 0.4) is 0 Å². The fourth-order valence-corrected chi connectivity index (χ4v) is 9.65. The van der Waals surface area contributed by atoms with Crippen molar-refractivity contribution in [3.8, 4) is 33.8 Å². The normalized spacial score (nSPS) is 16.8. The number of benzene rings is 3. The zero-order valence-electron chi connectivity index (χ0n) is 33.3. The Hall–Kier alpha value is -5.35. The maximum absolute atomic E-state index is 7.00. The molecule has 9 rings (SSSR count). The van der Waals surface area contributed by atoms with Gasteiger partial charge in [-0.15, -0.1) is 0 Å². The lowest BCUT2D eigenvalue weighted by Crippen LogP contribution is -2.49. The van der Waals surface area contributed by atoms with Crippen LogP contribution in [0.1, 0.15) is 95.6 Å². The van der Waals surface area contributed by atoms with Gasteiger partial charge in [0.25, 0.3) is 0 Å². The van der Waals surface area contributed by atoms with Crippen LogP contribution in [0.15, 0.2) is 96.2 Å². The third-order valence-electron chi connectivity index (χ3n) is 12.5. The van der Waals surface area contributed by atoms with Crippen LogP contribution in [0.4, 0.5) is 0 Å². The molecule has 0 saturated heterocycles. The fraction of sp³-hybridized carbons (Fsp3) is 0.300. The Morgan fingerprint density at radius 1 is 0.741 bits per heavy atom. The molecule has 0 saturated carbocycles. The molecule has 2 unspecified atom stereocenters. The molecule has 7 aromatic rings. The molecule has 0 aliphatic carbocycles. The summed E-state index contributed by atoms with van der Waals surface area (Å²) in [6, 6.07) is 27.6. The first kappa shape index (κ1) is 34.4. The number of hydrogen-bond acceptors (Lipinski definition) is 2. The molecule has 0 bridgehead atoms. The van der Waals surface area contributed by atoms with E-state index in [9.17, 15) is 0 Å². The van der Waals surface area contributed by atoms with E-state index >= 15 is 0 Å². The molecule has 0 fully saturated rings. The molecule has 2 aliphatic rings. The SMILES string of the molecule is C=C1CC2c3cc(C)ccc3-c3cc(C)c(C)c[n+]3C2CCc2ccc3c(oc4nc(-c5c(C)cccc5C)ccc43)c2-c2cc(C(C)(C)C)c(C)c[n+]21. The molecule has 2 aliphatic heterocycles. The van der Waals surface area contributed by atoms with Gasteiger partial charge in [0.2, 0.25) is 17.1 Å². The van der Waals surface area contributed by atoms with E-state index in [4.69, 9.17) is 16.0 Å². The molecule has 3 aromatic carbocycles. The van der Waals surface area contributed by atoms with Crippen molar-refractivity contribution in [3.63, 3.8) is 0 Å². The van der Waals surface area contributed by atoms with Crippen molar-refractivity contribution in [3.05, 3.63) is 142 Å². The highest BCUT2D eigenvalue weighted by atomic mass is 16.3. The van der Waals surface area contributed by atoms with Crippen LogP contribution in [0.5, 0.6) is 0 Å². The summed E-state index contributed by atoms with van der Waals surface area (Å²) in [5, 5.41) is 2.14. The zero-order chi connectivity index (χ0) is 37.8. The van der Waals surface area contributed by atoms with E-state index in [0.717, 1.165) is 58.3 Å². The first-order chi connectivity index (χ1) is 25.8. The topological polar surface area (TPSA) is 33.8 Å². The van der Waals surface area contributed by atoms with Crippen molar-refractivity contribution < 1.29 is 13.6 Å². The molecule has 54 heavy (non-hydrogen) atoms. The molecule has 270 valence electrons. The van der Waals surface area contributed by atoms with Crippen LogP contribution in [0.25, 0.3) is 61.5 Å². The molecule has 4 nitrogen and oxygen atoms in total. The third kappa shape index (κ3) is 5.36. The number of allylic oxidation sites excluding steroid dienone is 1. The number of rotatable bonds is 1. The minimum absolute atomic E-state index is 0.0403. The van der Waals surface area contributed by atoms with Crippen molar-refractivity contribution in [2.24, 2.45) is 0 Å². The molecule has 4 aromatic heterocycles. The van der Waals surface area contributed by atoms with Crippen molar-refractivity contribution in [2.75, 3.05) is 0 Å². The van der Waals surface area contributed by atoms with E-state index in [1.54, 1.807) is 0 Å². The Labute approximate surface area is 319 Å². The maximum Gasteiger partial charge on any atom is 0.227 e. The molecular formula is C50H51N3O+2. The maximum atomic E-state index is 7.00. The first-order valence-corrected chi connectivity index (χ1v) is 19.6. The number of furan rings is 1. The molecule has 6 heterocycles. The highest BCUT2D eigenvalue weighted by molar-refractivity contribution is 6.09. The fourth-order valence-electron chi connectivity index (χ4n) is 9.65. The lowest BCUT2D eigenvalue weighted by atomic mass is 9.76. The van der Waals surface area contributed by atoms with Gasteiger partial charge in [-0.25, -0.2) is 4.98 Å². The molecular weight excluding hydrogens is 659 g/mol. The Bertz CT molecular complexity index is 2700. The van der Waals surface area contributed by atoms with Crippen LogP contribution in [0, 0.1) is 41.5 Å². The average Bonchev–Trinajstić information content (AvgIpc) is 3.49. The smallest absolute Gasteiger partial charge is 0.227 e. The van der Waals surface area contributed by atoms with Gasteiger partial charge in [-0.1, -0.05) is 68.8 Å². The van der Waals surface area contributed by atoms with Gasteiger partial charge in [0.1, 0.15) is 0 Å². The predicted octanol–water partition coefficient (Wildman–Crippen LogP) is 11.9. The van der Waals surface area contributed by atoms with Crippen molar-refractivity contribution in [1.29, 1.82) is 0 Å². The molecule has 0 spiro atoms. The second-order valence-corrected chi connectivity index (χ2v) is 17.3. The van der Waals surface area contributed by atoms with E-state index in [2.05, 4.69) is 157 Å². The molecule has 0 N–H and O–H groups in total. The van der Waals surface area contributed by atoms with Crippen molar-refractivity contribution in [2.45, 2.75) is 99.0 Å². The predicted molar refractivity (Wildman–Crippen MR) is 222 cm³/mol. The number of nitrogens with zero attached hydrogens (tertiary/aromatic N) is 3.